The van der Waals surface area contributed by atoms with Crippen LogP contribution < -0.4 is 17.2 Å². The number of hydrogen-bond donors (Lipinski definition) is 3. The number of nitrogens with two attached hydrogens (primary N) is 3. The number of rotatable bonds is 6. The number of primary amides is 1. The van der Waals surface area contributed by atoms with Crippen molar-refractivity contribution in [3.8, 4) is 0 Å². The van der Waals surface area contributed by atoms with Crippen LogP contribution in [0.5, 0.6) is 0 Å². The van der Waals surface area contributed by atoms with Gasteiger partial charge in [-0.3, -0.25) is 4.79 Å². The van der Waals surface area contributed by atoms with Crippen LogP contribution in [0.3, 0.4) is 0 Å². The van der Waals surface area contributed by atoms with Crippen molar-refractivity contribution in [1.82, 2.24) is 0 Å². The molecule has 0 aliphatic heterocycles. The molecule has 22 heavy (non-hydrogen) atoms. The van der Waals surface area contributed by atoms with Gasteiger partial charge >= 0.3 is 12.1 Å². The molecule has 0 bridgehead atoms. The highest BCUT2D eigenvalue weighted by Crippen LogP contribution is 2.11. The summed E-state index contributed by atoms with van der Waals surface area (Å²) in [7, 11) is 0. The van der Waals surface area contributed by atoms with Gasteiger partial charge in [0, 0.05) is 0 Å². The Balaban J connectivity index is 2.49. The highest BCUT2D eigenvalue weighted by Gasteiger charge is 2.35. The highest BCUT2D eigenvalue weighted by molar-refractivity contribution is 5.89. The molecular formula is C14H19N3O5. The van der Waals surface area contributed by atoms with Crippen molar-refractivity contribution in [2.75, 3.05) is 0 Å². The van der Waals surface area contributed by atoms with Crippen molar-refractivity contribution in [2.24, 2.45) is 17.2 Å². The van der Waals surface area contributed by atoms with Gasteiger partial charge in [0.15, 0.2) is 0 Å². The summed E-state index contributed by atoms with van der Waals surface area (Å²) in [5.74, 6) is -1.86. The molecule has 1 rings (SSSR count). The molecule has 0 aliphatic carbocycles. The van der Waals surface area contributed by atoms with Crippen LogP contribution in [0.1, 0.15) is 18.9 Å². The number of ether oxygens (including phenoxy) is 2. The first kappa shape index (κ1) is 17.6. The maximum atomic E-state index is 11.8. The van der Waals surface area contributed by atoms with E-state index in [4.69, 9.17) is 21.9 Å². The van der Waals surface area contributed by atoms with E-state index in [1.807, 2.05) is 6.07 Å². The number of carbonyl (C=O) groups is 3. The molecule has 0 spiro atoms. The van der Waals surface area contributed by atoms with E-state index in [1.165, 1.54) is 6.92 Å². The normalized spacial score (nSPS) is 14.5. The number of amides is 1. The van der Waals surface area contributed by atoms with Crippen molar-refractivity contribution in [2.45, 2.75) is 31.5 Å². The van der Waals surface area contributed by atoms with Crippen LogP contribution in [0.25, 0.3) is 0 Å². The number of esters is 1. The number of benzene rings is 1. The quantitative estimate of drug-likeness (QED) is 0.486. The van der Waals surface area contributed by atoms with Gasteiger partial charge in [-0.1, -0.05) is 30.3 Å². The molecule has 120 valence electrons. The SMILES string of the molecule is CC(N)(C[C@H](N)C(N)=O)C(=O)OC(=O)OCc1ccccc1. The van der Waals surface area contributed by atoms with Crippen LogP contribution in [-0.2, 0) is 25.7 Å². The predicted molar refractivity (Wildman–Crippen MR) is 77.1 cm³/mol. The Morgan fingerprint density at radius 1 is 1.23 bits per heavy atom. The molecule has 0 aliphatic rings. The van der Waals surface area contributed by atoms with E-state index < -0.39 is 29.6 Å². The first-order valence-electron chi connectivity index (χ1n) is 6.49. The lowest BCUT2D eigenvalue weighted by atomic mass is 9.94. The third-order valence-corrected chi connectivity index (χ3v) is 2.85. The number of hydrogen-bond acceptors (Lipinski definition) is 7. The van der Waals surface area contributed by atoms with Crippen molar-refractivity contribution in [3.05, 3.63) is 35.9 Å². The Bertz CT molecular complexity index is 545. The molecule has 0 fully saturated rings. The second kappa shape index (κ2) is 7.53. The van der Waals surface area contributed by atoms with Crippen molar-refractivity contribution in [1.29, 1.82) is 0 Å². The smallest absolute Gasteiger partial charge is 0.429 e. The van der Waals surface area contributed by atoms with Gasteiger partial charge in [-0.05, 0) is 18.9 Å². The van der Waals surface area contributed by atoms with Gasteiger partial charge in [0.2, 0.25) is 5.91 Å². The Morgan fingerprint density at radius 3 is 2.36 bits per heavy atom. The summed E-state index contributed by atoms with van der Waals surface area (Å²) in [6, 6.07) is 7.73. The largest absolute Gasteiger partial charge is 0.516 e. The van der Waals surface area contributed by atoms with E-state index in [1.54, 1.807) is 24.3 Å². The standard InChI is InChI=1S/C14H19N3O5/c1-14(17,7-10(15)11(16)18)12(19)22-13(20)21-8-9-5-3-2-4-6-9/h2-6,10H,7-8,15,17H2,1H3,(H2,16,18)/t10-,14?/m0/s1. The Kier molecular flexibility index (Phi) is 6.02. The lowest BCUT2D eigenvalue weighted by molar-refractivity contribution is -0.146. The minimum atomic E-state index is -1.64. The third-order valence-electron chi connectivity index (χ3n) is 2.85. The maximum absolute atomic E-state index is 11.8. The van der Waals surface area contributed by atoms with Crippen LogP contribution in [0.15, 0.2) is 30.3 Å². The van der Waals surface area contributed by atoms with Gasteiger partial charge in [0.25, 0.3) is 0 Å². The minimum absolute atomic E-state index is 0.0466. The van der Waals surface area contributed by atoms with E-state index in [9.17, 15) is 14.4 Å². The zero-order chi connectivity index (χ0) is 16.8. The van der Waals surface area contributed by atoms with Crippen molar-refractivity contribution in [3.63, 3.8) is 0 Å². The average Bonchev–Trinajstić information content (AvgIpc) is 2.45. The van der Waals surface area contributed by atoms with E-state index in [-0.39, 0.29) is 13.0 Å². The fourth-order valence-corrected chi connectivity index (χ4v) is 1.58. The molecule has 0 saturated heterocycles. The molecule has 0 aromatic heterocycles. The molecule has 8 nitrogen and oxygen atoms in total. The molecule has 1 aromatic carbocycles. The van der Waals surface area contributed by atoms with Crippen LogP contribution in [0, 0.1) is 0 Å². The average molecular weight is 309 g/mol. The van der Waals surface area contributed by atoms with Gasteiger partial charge in [0.1, 0.15) is 12.1 Å². The molecule has 2 atom stereocenters. The fourth-order valence-electron chi connectivity index (χ4n) is 1.58. The summed E-state index contributed by atoms with van der Waals surface area (Å²) >= 11 is 0. The predicted octanol–water partition coefficient (Wildman–Crippen LogP) is -0.213. The molecular weight excluding hydrogens is 290 g/mol. The van der Waals surface area contributed by atoms with Gasteiger partial charge in [-0.25, -0.2) is 9.59 Å². The highest BCUT2D eigenvalue weighted by atomic mass is 16.7. The van der Waals surface area contributed by atoms with Crippen LogP contribution >= 0.6 is 0 Å². The van der Waals surface area contributed by atoms with Gasteiger partial charge in [-0.2, -0.15) is 0 Å². The van der Waals surface area contributed by atoms with Crippen molar-refractivity contribution < 1.29 is 23.9 Å². The van der Waals surface area contributed by atoms with E-state index in [0.717, 1.165) is 5.56 Å². The van der Waals surface area contributed by atoms with E-state index >= 15 is 0 Å². The lowest BCUT2D eigenvalue weighted by Gasteiger charge is -2.23. The molecule has 0 heterocycles. The summed E-state index contributed by atoms with van der Waals surface area (Å²) in [5, 5.41) is 0. The van der Waals surface area contributed by atoms with E-state index in [0.29, 0.717) is 0 Å². The Hall–Kier alpha value is -2.45. The second-order valence-electron chi connectivity index (χ2n) is 5.04. The van der Waals surface area contributed by atoms with Crippen LogP contribution in [0.4, 0.5) is 4.79 Å². The fraction of sp³-hybridized carbons (Fsp3) is 0.357. The molecule has 1 unspecified atom stereocenters. The molecule has 8 heteroatoms. The summed E-state index contributed by atoms with van der Waals surface area (Å²) in [4.78, 5) is 34.1. The zero-order valence-electron chi connectivity index (χ0n) is 12.2. The monoisotopic (exact) mass is 309 g/mol. The first-order valence-corrected chi connectivity index (χ1v) is 6.49. The maximum Gasteiger partial charge on any atom is 0.516 e. The summed E-state index contributed by atoms with van der Waals surface area (Å²) < 4.78 is 9.27. The molecule has 1 amide bonds. The summed E-state index contributed by atoms with van der Waals surface area (Å²) in [5.41, 5.74) is 15.2. The van der Waals surface area contributed by atoms with Gasteiger partial charge < -0.3 is 26.7 Å². The topological polar surface area (TPSA) is 148 Å². The molecule has 1 aromatic rings. The summed E-state index contributed by atoms with van der Waals surface area (Å²) in [6.45, 7) is 1.23. The van der Waals surface area contributed by atoms with E-state index in [2.05, 4.69) is 4.74 Å². The minimum Gasteiger partial charge on any atom is -0.429 e. The van der Waals surface area contributed by atoms with Gasteiger partial charge in [-0.15, -0.1) is 0 Å². The van der Waals surface area contributed by atoms with Gasteiger partial charge in [0.05, 0.1) is 6.04 Å². The summed E-state index contributed by atoms with van der Waals surface area (Å²) in [6.07, 6.45) is -1.44. The van der Waals surface area contributed by atoms with Crippen LogP contribution in [0.2, 0.25) is 0 Å². The Labute approximate surface area is 127 Å². The molecule has 6 N–H and O–H groups in total. The third kappa shape index (κ3) is 5.51. The van der Waals surface area contributed by atoms with Crippen molar-refractivity contribution >= 4 is 18.0 Å². The molecule has 0 saturated carbocycles. The van der Waals surface area contributed by atoms with Crippen LogP contribution in [-0.4, -0.2) is 29.6 Å². The molecule has 0 radical (unpaired) electrons. The first-order chi connectivity index (χ1) is 10.2. The lowest BCUT2D eigenvalue weighted by Crippen LogP contribution is -2.53. The zero-order valence-corrected chi connectivity index (χ0v) is 12.2. The number of carbonyl (C=O) groups excluding carboxylic acids is 3. The Morgan fingerprint density at radius 2 is 1.82 bits per heavy atom. The second-order valence-corrected chi connectivity index (χ2v) is 5.04.